The van der Waals surface area contributed by atoms with Crippen molar-refractivity contribution in [3.8, 4) is 11.1 Å². The fraction of sp³-hybridized carbons (Fsp3) is 0.0455. The number of hydrogen-bond acceptors (Lipinski definition) is 3. The summed E-state index contributed by atoms with van der Waals surface area (Å²) in [7, 11) is 1.95. The van der Waals surface area contributed by atoms with Crippen molar-refractivity contribution in [1.29, 1.82) is 0 Å². The number of benzene rings is 1. The van der Waals surface area contributed by atoms with Gasteiger partial charge in [-0.05, 0) is 42.0 Å². The van der Waals surface area contributed by atoms with Crippen LogP contribution in [0.4, 0.5) is 0 Å². The number of H-pyrrole nitrogens is 2. The molecule has 2 aliphatic rings. The van der Waals surface area contributed by atoms with E-state index in [0.717, 1.165) is 38.6 Å². The summed E-state index contributed by atoms with van der Waals surface area (Å²) in [6.07, 6.45) is 5.30. The zero-order chi connectivity index (χ0) is 19.3. The van der Waals surface area contributed by atoms with Crippen LogP contribution in [0.2, 0.25) is 0 Å². The molecule has 0 amide bonds. The third-order valence-corrected chi connectivity index (χ3v) is 5.02. The van der Waals surface area contributed by atoms with E-state index >= 15 is 0 Å². The normalized spacial score (nSPS) is 12.2. The van der Waals surface area contributed by atoms with E-state index < -0.39 is 0 Å². The van der Waals surface area contributed by atoms with Gasteiger partial charge >= 0.3 is 0 Å². The van der Waals surface area contributed by atoms with Crippen molar-refractivity contribution in [2.24, 2.45) is 7.05 Å². The summed E-state index contributed by atoms with van der Waals surface area (Å²) in [5.74, 6) is 0.725. The van der Waals surface area contributed by atoms with Gasteiger partial charge < -0.3 is 14.5 Å². The Labute approximate surface area is 159 Å². The molecule has 5 rings (SSSR count). The summed E-state index contributed by atoms with van der Waals surface area (Å²) in [5.41, 5.74) is 4.31. The summed E-state index contributed by atoms with van der Waals surface area (Å²) in [6, 6.07) is 13.7. The molecule has 0 saturated carbocycles. The van der Waals surface area contributed by atoms with Crippen molar-refractivity contribution >= 4 is 23.7 Å². The van der Waals surface area contributed by atoms with Crippen LogP contribution in [-0.2, 0) is 7.05 Å². The van der Waals surface area contributed by atoms with Gasteiger partial charge in [0, 0.05) is 35.6 Å². The predicted octanol–water partition coefficient (Wildman–Crippen LogP) is 1.62. The molecule has 1 aromatic carbocycles. The van der Waals surface area contributed by atoms with Crippen molar-refractivity contribution in [3.05, 3.63) is 92.3 Å². The molecule has 0 saturated heterocycles. The maximum Gasteiger partial charge on any atom is 0.257 e. The first-order valence-corrected chi connectivity index (χ1v) is 8.89. The fourth-order valence-corrected chi connectivity index (χ4v) is 3.56. The molecule has 0 fully saturated rings. The highest BCUT2D eigenvalue weighted by atomic mass is 16.1. The van der Waals surface area contributed by atoms with E-state index in [1.165, 1.54) is 0 Å². The molecule has 0 spiro atoms. The van der Waals surface area contributed by atoms with E-state index in [9.17, 15) is 4.79 Å². The first kappa shape index (κ1) is 16.3. The third-order valence-electron chi connectivity index (χ3n) is 5.02. The Morgan fingerprint density at radius 3 is 2.68 bits per heavy atom. The minimum atomic E-state index is -0.162. The number of nitrogens with one attached hydrogen (secondary N) is 2. The highest BCUT2D eigenvalue weighted by molar-refractivity contribution is 5.77. The van der Waals surface area contributed by atoms with Crippen LogP contribution in [0.25, 0.3) is 34.8 Å². The molecule has 6 heteroatoms. The van der Waals surface area contributed by atoms with Gasteiger partial charge in [-0.2, -0.15) is 0 Å². The average Bonchev–Trinajstić information content (AvgIpc) is 3.19. The Morgan fingerprint density at radius 2 is 1.89 bits per heavy atom. The van der Waals surface area contributed by atoms with E-state index in [1.54, 1.807) is 12.4 Å². The van der Waals surface area contributed by atoms with Gasteiger partial charge in [0.05, 0.1) is 16.3 Å². The Kier molecular flexibility index (Phi) is 3.52. The van der Waals surface area contributed by atoms with Crippen LogP contribution in [0.5, 0.6) is 0 Å². The summed E-state index contributed by atoms with van der Waals surface area (Å²) >= 11 is 0. The van der Waals surface area contributed by atoms with E-state index in [4.69, 9.17) is 0 Å². The highest BCUT2D eigenvalue weighted by Gasteiger charge is 2.08. The van der Waals surface area contributed by atoms with Gasteiger partial charge in [-0.1, -0.05) is 18.7 Å². The first-order valence-electron chi connectivity index (χ1n) is 8.89. The van der Waals surface area contributed by atoms with Crippen LogP contribution in [0.3, 0.4) is 0 Å². The Morgan fingerprint density at radius 1 is 1.11 bits per heavy atom. The Hall–Kier alpha value is -3.93. The van der Waals surface area contributed by atoms with Crippen LogP contribution in [0.15, 0.2) is 59.7 Å². The van der Waals surface area contributed by atoms with Crippen molar-refractivity contribution in [2.75, 3.05) is 0 Å². The molecule has 0 atom stereocenters. The molecule has 2 N–H and O–H groups in total. The lowest BCUT2D eigenvalue weighted by atomic mass is 10.1. The molecule has 3 aromatic rings. The van der Waals surface area contributed by atoms with E-state index in [-0.39, 0.29) is 5.56 Å². The van der Waals surface area contributed by atoms with E-state index in [2.05, 4.69) is 26.5 Å². The molecule has 28 heavy (non-hydrogen) atoms. The number of aromatic amines is 2. The molecular weight excluding hydrogens is 350 g/mol. The van der Waals surface area contributed by atoms with Crippen LogP contribution < -0.4 is 16.1 Å². The predicted molar refractivity (Wildman–Crippen MR) is 109 cm³/mol. The van der Waals surface area contributed by atoms with Gasteiger partial charge in [0.15, 0.2) is 0 Å². The number of aromatic nitrogens is 5. The van der Waals surface area contributed by atoms with Crippen molar-refractivity contribution in [3.63, 3.8) is 0 Å². The SMILES string of the molecule is C=c1[nH]c2[nH]c(=O)c(=Cc3nc4ccccc4n3C)c=2cc1-c1ccncc1. The number of fused-ring (bicyclic) bond motifs is 1. The molecule has 0 radical (unpaired) electrons. The Bertz CT molecular complexity index is 1560. The monoisotopic (exact) mass is 367 g/mol. The standard InChI is InChI=1S/C22H17N5O/c1-13-15(14-7-9-23-10-8-14)11-16-17(22(28)26-21(16)24-13)12-20-25-18-5-3-4-6-19(18)27(20)2/h3-12,24H,1H2,2H3,(H,26,28). The van der Waals surface area contributed by atoms with Gasteiger partial charge in [-0.15, -0.1) is 0 Å². The summed E-state index contributed by atoms with van der Waals surface area (Å²) < 4.78 is 1.98. The third kappa shape index (κ3) is 2.46. The maximum absolute atomic E-state index is 12.7. The summed E-state index contributed by atoms with van der Waals surface area (Å²) in [4.78, 5) is 27.5. The van der Waals surface area contributed by atoms with Gasteiger partial charge in [-0.25, -0.2) is 4.98 Å². The smallest absolute Gasteiger partial charge is 0.257 e. The van der Waals surface area contributed by atoms with Crippen molar-refractivity contribution in [1.82, 2.24) is 24.5 Å². The largest absolute Gasteiger partial charge is 0.341 e. The Balaban J connectivity index is 1.82. The minimum absolute atomic E-state index is 0.162. The second kappa shape index (κ2) is 6.06. The van der Waals surface area contributed by atoms with E-state index in [1.807, 2.05) is 60.2 Å². The number of para-hydroxylation sites is 2. The second-order valence-electron chi connectivity index (χ2n) is 6.72. The fourth-order valence-electron chi connectivity index (χ4n) is 3.56. The molecular formula is C22H17N5O. The lowest BCUT2D eigenvalue weighted by Gasteiger charge is -2.02. The van der Waals surface area contributed by atoms with Gasteiger partial charge in [0.2, 0.25) is 0 Å². The molecule has 136 valence electrons. The van der Waals surface area contributed by atoms with Crippen LogP contribution in [-0.4, -0.2) is 24.5 Å². The van der Waals surface area contributed by atoms with Gasteiger partial charge in [-0.3, -0.25) is 9.78 Å². The molecule has 0 aliphatic carbocycles. The first-order chi connectivity index (χ1) is 13.6. The highest BCUT2D eigenvalue weighted by Crippen LogP contribution is 2.15. The summed E-state index contributed by atoms with van der Waals surface area (Å²) in [5, 5.41) is 2.10. The lowest BCUT2D eigenvalue weighted by Crippen LogP contribution is -2.23. The quantitative estimate of drug-likeness (QED) is 0.498. The van der Waals surface area contributed by atoms with Crippen molar-refractivity contribution < 1.29 is 0 Å². The van der Waals surface area contributed by atoms with Gasteiger partial charge in [0.1, 0.15) is 11.3 Å². The molecule has 6 nitrogen and oxygen atoms in total. The van der Waals surface area contributed by atoms with E-state index in [0.29, 0.717) is 10.7 Å². The van der Waals surface area contributed by atoms with Crippen LogP contribution >= 0.6 is 0 Å². The topological polar surface area (TPSA) is 79.4 Å². The molecule has 0 unspecified atom stereocenters. The summed E-state index contributed by atoms with van der Waals surface area (Å²) in [6.45, 7) is 4.09. The minimum Gasteiger partial charge on any atom is -0.341 e. The van der Waals surface area contributed by atoms with Crippen LogP contribution in [0.1, 0.15) is 5.82 Å². The van der Waals surface area contributed by atoms with Gasteiger partial charge in [0.25, 0.3) is 5.56 Å². The lowest BCUT2D eigenvalue weighted by molar-refractivity contribution is 0.928. The zero-order valence-electron chi connectivity index (χ0n) is 15.2. The second-order valence-corrected chi connectivity index (χ2v) is 6.72. The number of pyridine rings is 1. The number of imidazole rings is 1. The van der Waals surface area contributed by atoms with Crippen molar-refractivity contribution in [2.45, 2.75) is 0 Å². The molecule has 4 heterocycles. The zero-order valence-corrected chi connectivity index (χ0v) is 15.2. The molecule has 2 aromatic heterocycles. The number of aryl methyl sites for hydroxylation is 1. The molecule has 0 bridgehead atoms. The maximum atomic E-state index is 12.7. The number of hydrogen-bond donors (Lipinski definition) is 2. The number of rotatable bonds is 2. The average molecular weight is 367 g/mol. The van der Waals surface area contributed by atoms with Crippen LogP contribution in [0, 0.1) is 10.7 Å². The number of nitrogens with zero attached hydrogens (tertiary/aromatic N) is 3. The molecule has 2 aliphatic heterocycles.